The summed E-state index contributed by atoms with van der Waals surface area (Å²) in [5.41, 5.74) is 4.77. The molecule has 4 nitrogen and oxygen atoms in total. The van der Waals surface area contributed by atoms with Gasteiger partial charge in [-0.1, -0.05) is 55.5 Å². The number of carbonyl (C=O) groups is 1. The van der Waals surface area contributed by atoms with Gasteiger partial charge < -0.3 is 10.1 Å². The van der Waals surface area contributed by atoms with Crippen LogP contribution in [0.4, 0.5) is 5.00 Å². The maximum absolute atomic E-state index is 12.6. The number of anilines is 1. The molecule has 1 heterocycles. The Hall–Kier alpha value is -2.53. The minimum atomic E-state index is -0.324. The number of nitrogens with one attached hydrogen (secondary N) is 1. The fourth-order valence-corrected chi connectivity index (χ4v) is 5.78. The minimum absolute atomic E-state index is 0.165. The van der Waals surface area contributed by atoms with E-state index < -0.39 is 0 Å². The lowest BCUT2D eigenvalue weighted by atomic mass is 9.85. The molecular weight excluding hydrogens is 504 g/mol. The van der Waals surface area contributed by atoms with Crippen LogP contribution in [0, 0.1) is 21.1 Å². The van der Waals surface area contributed by atoms with Crippen molar-refractivity contribution in [2.24, 2.45) is 5.92 Å². The standard InChI is InChI=1S/C25H21BrN2O2S2/c1-15-7-9-18-19(11-15)25(31)32-24(20(18)13-27)28-23(29)14-30-22-10-8-17(12-21(22)26)16-5-3-2-4-6-16/h2-6,8,10,12,15H,7,9,11,14H2,1H3,(H,28,29). The van der Waals surface area contributed by atoms with Gasteiger partial charge in [0.25, 0.3) is 5.91 Å². The highest BCUT2D eigenvalue weighted by Gasteiger charge is 2.23. The van der Waals surface area contributed by atoms with Crippen molar-refractivity contribution >= 4 is 50.4 Å². The summed E-state index contributed by atoms with van der Waals surface area (Å²) >= 11 is 10.4. The molecule has 1 unspecified atom stereocenters. The Labute approximate surface area is 205 Å². The van der Waals surface area contributed by atoms with Crippen LogP contribution in [-0.4, -0.2) is 12.5 Å². The normalized spacial score (nSPS) is 14.8. The molecule has 4 rings (SSSR count). The first-order valence-corrected chi connectivity index (χ1v) is 12.3. The van der Waals surface area contributed by atoms with Crippen molar-refractivity contribution in [3.63, 3.8) is 0 Å². The number of hydrogen-bond acceptors (Lipinski definition) is 5. The number of halogens is 1. The van der Waals surface area contributed by atoms with Crippen LogP contribution in [-0.2, 0) is 17.6 Å². The van der Waals surface area contributed by atoms with E-state index in [9.17, 15) is 10.1 Å². The van der Waals surface area contributed by atoms with Gasteiger partial charge in [-0.3, -0.25) is 4.79 Å². The molecule has 1 aliphatic carbocycles. The molecule has 0 bridgehead atoms. The Kier molecular flexibility index (Phi) is 7.04. The predicted molar refractivity (Wildman–Crippen MR) is 135 cm³/mol. The Bertz CT molecular complexity index is 1270. The molecule has 1 amide bonds. The molecule has 1 aromatic heterocycles. The zero-order valence-corrected chi connectivity index (χ0v) is 20.7. The maximum Gasteiger partial charge on any atom is 0.262 e. The fourth-order valence-electron chi connectivity index (χ4n) is 3.88. The molecule has 0 aliphatic heterocycles. The third-order valence-electron chi connectivity index (χ3n) is 5.54. The van der Waals surface area contributed by atoms with Crippen molar-refractivity contribution in [3.05, 3.63) is 73.5 Å². The van der Waals surface area contributed by atoms with Crippen LogP contribution in [0.15, 0.2) is 53.0 Å². The summed E-state index contributed by atoms with van der Waals surface area (Å²) in [6.45, 7) is 2.04. The number of fused-ring (bicyclic) bond motifs is 1. The highest BCUT2D eigenvalue weighted by Crippen LogP contribution is 2.36. The summed E-state index contributed by atoms with van der Waals surface area (Å²) in [6.07, 6.45) is 2.73. The van der Waals surface area contributed by atoms with Crippen molar-refractivity contribution in [1.29, 1.82) is 5.26 Å². The highest BCUT2D eigenvalue weighted by molar-refractivity contribution is 9.10. The van der Waals surface area contributed by atoms with E-state index in [0.717, 1.165) is 49.8 Å². The first-order chi connectivity index (χ1) is 15.5. The second-order valence-corrected chi connectivity index (χ2v) is 10.4. The number of carbonyl (C=O) groups excluding carboxylic acids is 1. The van der Waals surface area contributed by atoms with E-state index in [4.69, 9.17) is 17.0 Å². The molecule has 1 atom stereocenters. The number of hydrogen-bond donors (Lipinski definition) is 1. The van der Waals surface area contributed by atoms with E-state index in [0.29, 0.717) is 22.2 Å². The first kappa shape index (κ1) is 22.7. The molecule has 0 fully saturated rings. The SMILES string of the molecule is CC1CCc2c(C#N)c(NC(=O)COc3ccc(-c4ccccc4)cc3Br)sc(=S)c2C1. The topological polar surface area (TPSA) is 62.1 Å². The lowest BCUT2D eigenvalue weighted by Gasteiger charge is -2.23. The quantitative estimate of drug-likeness (QED) is 0.368. The minimum Gasteiger partial charge on any atom is -0.483 e. The number of benzene rings is 2. The van der Waals surface area contributed by atoms with Crippen molar-refractivity contribution < 1.29 is 9.53 Å². The van der Waals surface area contributed by atoms with Crippen LogP contribution in [0.2, 0.25) is 0 Å². The maximum atomic E-state index is 12.6. The van der Waals surface area contributed by atoms with Crippen molar-refractivity contribution in [2.45, 2.75) is 26.2 Å². The zero-order valence-electron chi connectivity index (χ0n) is 17.5. The van der Waals surface area contributed by atoms with E-state index in [1.54, 1.807) is 0 Å². The molecule has 0 radical (unpaired) electrons. The van der Waals surface area contributed by atoms with Gasteiger partial charge in [-0.25, -0.2) is 0 Å². The van der Waals surface area contributed by atoms with Crippen molar-refractivity contribution in [1.82, 2.24) is 0 Å². The molecule has 0 spiro atoms. The number of rotatable bonds is 5. The van der Waals surface area contributed by atoms with E-state index >= 15 is 0 Å². The number of nitriles is 1. The molecule has 0 saturated heterocycles. The van der Waals surface area contributed by atoms with E-state index in [2.05, 4.69) is 34.2 Å². The van der Waals surface area contributed by atoms with E-state index in [1.165, 1.54) is 11.3 Å². The summed E-state index contributed by atoms with van der Waals surface area (Å²) in [5.74, 6) is 0.811. The lowest BCUT2D eigenvalue weighted by Crippen LogP contribution is -2.21. The summed E-state index contributed by atoms with van der Waals surface area (Å²) in [6, 6.07) is 18.1. The molecule has 32 heavy (non-hydrogen) atoms. The van der Waals surface area contributed by atoms with Gasteiger partial charge in [0.1, 0.15) is 16.8 Å². The molecule has 1 N–H and O–H groups in total. The van der Waals surface area contributed by atoms with Gasteiger partial charge in [0.15, 0.2) is 6.61 Å². The Morgan fingerprint density at radius 3 is 2.75 bits per heavy atom. The fraction of sp³-hybridized carbons (Fsp3) is 0.240. The van der Waals surface area contributed by atoms with Gasteiger partial charge in [0.2, 0.25) is 0 Å². The van der Waals surface area contributed by atoms with Crippen LogP contribution >= 0.6 is 39.5 Å². The van der Waals surface area contributed by atoms with Gasteiger partial charge >= 0.3 is 0 Å². The summed E-state index contributed by atoms with van der Waals surface area (Å²) in [7, 11) is 0. The molecule has 162 valence electrons. The monoisotopic (exact) mass is 524 g/mol. The van der Waals surface area contributed by atoms with Crippen LogP contribution in [0.25, 0.3) is 11.1 Å². The van der Waals surface area contributed by atoms with Crippen LogP contribution in [0.5, 0.6) is 5.75 Å². The van der Waals surface area contributed by atoms with Crippen molar-refractivity contribution in [3.8, 4) is 22.9 Å². The average molecular weight is 525 g/mol. The van der Waals surface area contributed by atoms with E-state index in [-0.39, 0.29) is 12.5 Å². The largest absolute Gasteiger partial charge is 0.483 e. The van der Waals surface area contributed by atoms with Gasteiger partial charge in [0.05, 0.1) is 13.9 Å². The van der Waals surface area contributed by atoms with Crippen LogP contribution < -0.4 is 10.1 Å². The van der Waals surface area contributed by atoms with Crippen LogP contribution in [0.3, 0.4) is 0 Å². The Balaban J connectivity index is 1.47. The molecule has 7 heteroatoms. The smallest absolute Gasteiger partial charge is 0.262 e. The third kappa shape index (κ3) is 4.93. The van der Waals surface area contributed by atoms with Gasteiger partial charge in [-0.15, -0.1) is 11.3 Å². The molecule has 2 aromatic carbocycles. The predicted octanol–water partition coefficient (Wildman–Crippen LogP) is 6.92. The average Bonchev–Trinajstić information content (AvgIpc) is 2.79. The molecular formula is C25H21BrN2O2S2. The Morgan fingerprint density at radius 2 is 2.03 bits per heavy atom. The number of ether oxygens (including phenoxy) is 1. The van der Waals surface area contributed by atoms with Crippen LogP contribution in [0.1, 0.15) is 30.0 Å². The zero-order chi connectivity index (χ0) is 22.7. The van der Waals surface area contributed by atoms with E-state index in [1.807, 2.05) is 48.5 Å². The third-order valence-corrected chi connectivity index (χ3v) is 7.59. The Morgan fingerprint density at radius 1 is 1.25 bits per heavy atom. The molecule has 3 aromatic rings. The molecule has 0 saturated carbocycles. The van der Waals surface area contributed by atoms with Gasteiger partial charge in [0, 0.05) is 0 Å². The van der Waals surface area contributed by atoms with Gasteiger partial charge in [-0.05, 0) is 75.5 Å². The summed E-state index contributed by atoms with van der Waals surface area (Å²) in [4.78, 5) is 12.6. The second-order valence-electron chi connectivity index (χ2n) is 7.86. The summed E-state index contributed by atoms with van der Waals surface area (Å²) < 4.78 is 7.25. The highest BCUT2D eigenvalue weighted by atomic mass is 79.9. The second kappa shape index (κ2) is 9.95. The van der Waals surface area contributed by atoms with Crippen molar-refractivity contribution in [2.75, 3.05) is 11.9 Å². The summed E-state index contributed by atoms with van der Waals surface area (Å²) in [5, 5.41) is 13.1. The number of nitrogens with zero attached hydrogens (tertiary/aromatic N) is 1. The number of amides is 1. The lowest BCUT2D eigenvalue weighted by molar-refractivity contribution is -0.118. The first-order valence-electron chi connectivity index (χ1n) is 10.3. The van der Waals surface area contributed by atoms with Gasteiger partial charge in [-0.2, -0.15) is 5.26 Å². The molecule has 1 aliphatic rings.